The fourth-order valence-corrected chi connectivity index (χ4v) is 1.41. The second-order valence-corrected chi connectivity index (χ2v) is 3.58. The van der Waals surface area contributed by atoms with Gasteiger partial charge in [-0.15, -0.1) is 0 Å². The lowest BCUT2D eigenvalue weighted by Gasteiger charge is -2.00. The van der Waals surface area contributed by atoms with Crippen LogP contribution in [0.2, 0.25) is 10.2 Å². The van der Waals surface area contributed by atoms with Gasteiger partial charge in [-0.3, -0.25) is 4.98 Å². The SMILES string of the molecule is Cc1cc2nc(Cl)cnc2cc1Cl. The summed E-state index contributed by atoms with van der Waals surface area (Å²) in [6.07, 6.45) is 1.51. The summed E-state index contributed by atoms with van der Waals surface area (Å²) in [4.78, 5) is 8.23. The Morgan fingerprint density at radius 1 is 1.15 bits per heavy atom. The third kappa shape index (κ3) is 1.60. The van der Waals surface area contributed by atoms with Crippen molar-refractivity contribution < 1.29 is 0 Å². The Morgan fingerprint density at radius 2 is 1.92 bits per heavy atom. The molecule has 0 radical (unpaired) electrons. The fraction of sp³-hybridized carbons (Fsp3) is 0.111. The van der Waals surface area contributed by atoms with Crippen molar-refractivity contribution in [1.29, 1.82) is 0 Å². The predicted octanol–water partition coefficient (Wildman–Crippen LogP) is 3.25. The second kappa shape index (κ2) is 3.13. The summed E-state index contributed by atoms with van der Waals surface area (Å²) in [5.74, 6) is 0. The van der Waals surface area contributed by atoms with Crippen molar-refractivity contribution in [2.75, 3.05) is 0 Å². The molecule has 0 spiro atoms. The molecule has 0 amide bonds. The number of aryl methyl sites for hydroxylation is 1. The summed E-state index contributed by atoms with van der Waals surface area (Å²) in [5, 5.41) is 1.10. The van der Waals surface area contributed by atoms with Gasteiger partial charge in [0.1, 0.15) is 5.15 Å². The van der Waals surface area contributed by atoms with E-state index < -0.39 is 0 Å². The molecule has 0 bridgehead atoms. The Morgan fingerprint density at radius 3 is 2.69 bits per heavy atom. The minimum Gasteiger partial charge on any atom is -0.251 e. The Balaban J connectivity index is 2.81. The van der Waals surface area contributed by atoms with Crippen molar-refractivity contribution in [3.63, 3.8) is 0 Å². The van der Waals surface area contributed by atoms with E-state index in [4.69, 9.17) is 23.2 Å². The highest BCUT2D eigenvalue weighted by molar-refractivity contribution is 6.32. The lowest BCUT2D eigenvalue weighted by atomic mass is 10.2. The second-order valence-electron chi connectivity index (χ2n) is 2.78. The van der Waals surface area contributed by atoms with Crippen LogP contribution in [0.4, 0.5) is 0 Å². The summed E-state index contributed by atoms with van der Waals surface area (Å²) < 4.78 is 0. The van der Waals surface area contributed by atoms with Gasteiger partial charge in [-0.1, -0.05) is 23.2 Å². The molecule has 0 unspecified atom stereocenters. The molecular weight excluding hydrogens is 207 g/mol. The van der Waals surface area contributed by atoms with Crippen LogP contribution in [-0.2, 0) is 0 Å². The van der Waals surface area contributed by atoms with Crippen molar-refractivity contribution in [3.05, 3.63) is 34.1 Å². The van der Waals surface area contributed by atoms with E-state index in [2.05, 4.69) is 9.97 Å². The van der Waals surface area contributed by atoms with Gasteiger partial charge >= 0.3 is 0 Å². The molecule has 0 saturated heterocycles. The van der Waals surface area contributed by atoms with Crippen LogP contribution < -0.4 is 0 Å². The molecule has 1 aromatic heterocycles. The monoisotopic (exact) mass is 212 g/mol. The van der Waals surface area contributed by atoms with Crippen molar-refractivity contribution in [2.24, 2.45) is 0 Å². The normalized spacial score (nSPS) is 10.7. The minimum atomic E-state index is 0.397. The van der Waals surface area contributed by atoms with Crippen molar-refractivity contribution in [3.8, 4) is 0 Å². The average molecular weight is 213 g/mol. The van der Waals surface area contributed by atoms with Crippen LogP contribution in [0.25, 0.3) is 11.0 Å². The van der Waals surface area contributed by atoms with Crippen LogP contribution in [0.1, 0.15) is 5.56 Å². The van der Waals surface area contributed by atoms with Crippen LogP contribution in [-0.4, -0.2) is 9.97 Å². The Bertz CT molecular complexity index is 468. The fourth-order valence-electron chi connectivity index (χ4n) is 1.12. The zero-order valence-electron chi connectivity index (χ0n) is 6.88. The lowest BCUT2D eigenvalue weighted by molar-refractivity contribution is 1.28. The molecule has 0 aliphatic rings. The lowest BCUT2D eigenvalue weighted by Crippen LogP contribution is -1.85. The van der Waals surface area contributed by atoms with Gasteiger partial charge in [0.25, 0.3) is 0 Å². The van der Waals surface area contributed by atoms with E-state index >= 15 is 0 Å². The number of hydrogen-bond donors (Lipinski definition) is 0. The van der Waals surface area contributed by atoms with Gasteiger partial charge in [-0.2, -0.15) is 0 Å². The van der Waals surface area contributed by atoms with E-state index in [9.17, 15) is 0 Å². The van der Waals surface area contributed by atoms with Gasteiger partial charge in [-0.25, -0.2) is 4.98 Å². The average Bonchev–Trinajstić information content (AvgIpc) is 2.08. The first-order valence-corrected chi connectivity index (χ1v) is 4.51. The van der Waals surface area contributed by atoms with Gasteiger partial charge in [0.2, 0.25) is 0 Å². The summed E-state index contributed by atoms with van der Waals surface area (Å²) in [5.41, 5.74) is 2.51. The molecule has 2 aromatic rings. The predicted molar refractivity (Wildman–Crippen MR) is 54.3 cm³/mol. The first-order chi connectivity index (χ1) is 6.16. The maximum atomic E-state index is 5.93. The van der Waals surface area contributed by atoms with Crippen LogP contribution in [0, 0.1) is 6.92 Å². The molecule has 66 valence electrons. The Hall–Kier alpha value is -0.860. The molecule has 13 heavy (non-hydrogen) atoms. The maximum Gasteiger partial charge on any atom is 0.148 e. The molecule has 0 atom stereocenters. The third-order valence-electron chi connectivity index (χ3n) is 1.79. The van der Waals surface area contributed by atoms with E-state index in [0.717, 1.165) is 16.6 Å². The number of halogens is 2. The quantitative estimate of drug-likeness (QED) is 0.671. The van der Waals surface area contributed by atoms with E-state index in [1.54, 1.807) is 6.07 Å². The number of benzene rings is 1. The molecule has 0 fully saturated rings. The largest absolute Gasteiger partial charge is 0.251 e. The van der Waals surface area contributed by atoms with Crippen molar-refractivity contribution in [1.82, 2.24) is 9.97 Å². The summed E-state index contributed by atoms with van der Waals surface area (Å²) >= 11 is 11.6. The minimum absolute atomic E-state index is 0.397. The van der Waals surface area contributed by atoms with Crippen LogP contribution in [0.5, 0.6) is 0 Å². The van der Waals surface area contributed by atoms with E-state index in [1.807, 2.05) is 13.0 Å². The van der Waals surface area contributed by atoms with Gasteiger partial charge in [0.15, 0.2) is 0 Å². The number of rotatable bonds is 0. The van der Waals surface area contributed by atoms with Gasteiger partial charge in [-0.05, 0) is 24.6 Å². The molecule has 0 aliphatic heterocycles. The molecule has 2 rings (SSSR count). The molecule has 1 aromatic carbocycles. The van der Waals surface area contributed by atoms with Crippen molar-refractivity contribution >= 4 is 34.2 Å². The van der Waals surface area contributed by atoms with Crippen LogP contribution in [0.3, 0.4) is 0 Å². The zero-order valence-corrected chi connectivity index (χ0v) is 8.39. The number of nitrogens with zero attached hydrogens (tertiary/aromatic N) is 2. The van der Waals surface area contributed by atoms with Gasteiger partial charge < -0.3 is 0 Å². The molecule has 2 nitrogen and oxygen atoms in total. The van der Waals surface area contributed by atoms with Gasteiger partial charge in [0.05, 0.1) is 17.2 Å². The molecule has 4 heteroatoms. The highest BCUT2D eigenvalue weighted by atomic mass is 35.5. The summed E-state index contributed by atoms with van der Waals surface area (Å²) in [7, 11) is 0. The smallest absolute Gasteiger partial charge is 0.148 e. The van der Waals surface area contributed by atoms with Crippen LogP contribution in [0.15, 0.2) is 18.3 Å². The molecular formula is C9H6Cl2N2. The van der Waals surface area contributed by atoms with Crippen molar-refractivity contribution in [2.45, 2.75) is 6.92 Å². The molecule has 0 aliphatic carbocycles. The number of aromatic nitrogens is 2. The van der Waals surface area contributed by atoms with E-state index in [-0.39, 0.29) is 0 Å². The molecule has 0 saturated carbocycles. The first kappa shape index (κ1) is 8.73. The standard InChI is InChI=1S/C9H6Cl2N2/c1-5-2-8-7(3-6(5)10)12-4-9(11)13-8/h2-4H,1H3. The third-order valence-corrected chi connectivity index (χ3v) is 2.38. The number of fused-ring (bicyclic) bond motifs is 1. The highest BCUT2D eigenvalue weighted by Gasteiger charge is 2.01. The Labute approximate surface area is 85.5 Å². The van der Waals surface area contributed by atoms with Gasteiger partial charge in [0, 0.05) is 5.02 Å². The molecule has 1 heterocycles. The number of hydrogen-bond acceptors (Lipinski definition) is 2. The molecule has 0 N–H and O–H groups in total. The first-order valence-electron chi connectivity index (χ1n) is 3.75. The van der Waals surface area contributed by atoms with E-state index in [0.29, 0.717) is 10.2 Å². The maximum absolute atomic E-state index is 5.93. The summed E-state index contributed by atoms with van der Waals surface area (Å²) in [6.45, 7) is 1.92. The zero-order chi connectivity index (χ0) is 9.42. The highest BCUT2D eigenvalue weighted by Crippen LogP contribution is 2.21. The topological polar surface area (TPSA) is 25.8 Å². The Kier molecular flexibility index (Phi) is 2.10. The van der Waals surface area contributed by atoms with E-state index in [1.165, 1.54) is 6.20 Å². The summed E-state index contributed by atoms with van der Waals surface area (Å²) in [6, 6.07) is 3.66. The van der Waals surface area contributed by atoms with Crippen LogP contribution >= 0.6 is 23.2 Å².